The number of rotatable bonds is 1. The van der Waals surface area contributed by atoms with Crippen LogP contribution < -0.4 is 5.69 Å². The van der Waals surface area contributed by atoms with Crippen molar-refractivity contribution in [1.29, 1.82) is 0 Å². The highest BCUT2D eigenvalue weighted by molar-refractivity contribution is 9.10. The Labute approximate surface area is 102 Å². The molecule has 1 aromatic carbocycles. The smallest absolute Gasteiger partial charge is 0.311 e. The Balaban J connectivity index is 2.47. The van der Waals surface area contributed by atoms with Crippen LogP contribution in [0.25, 0.3) is 5.69 Å². The molecule has 0 unspecified atom stereocenters. The standard InChI is InChI=1S/C10H6BrF3N2O/c11-8-5-15-9(17)16(8)7-3-1-6(2-4-7)10(12,13)14/h1-5H,(H,15,17). The summed E-state index contributed by atoms with van der Waals surface area (Å²) in [6.45, 7) is 0. The summed E-state index contributed by atoms with van der Waals surface area (Å²) in [5, 5.41) is 0. The number of aromatic amines is 1. The molecule has 0 bridgehead atoms. The maximum Gasteiger partial charge on any atom is 0.416 e. The van der Waals surface area contributed by atoms with Crippen LogP contribution in [0.5, 0.6) is 0 Å². The van der Waals surface area contributed by atoms with Gasteiger partial charge in [0.25, 0.3) is 0 Å². The number of nitrogens with zero attached hydrogens (tertiary/aromatic N) is 1. The van der Waals surface area contributed by atoms with Gasteiger partial charge in [-0.05, 0) is 40.2 Å². The van der Waals surface area contributed by atoms with Gasteiger partial charge in [0, 0.05) is 6.20 Å². The van der Waals surface area contributed by atoms with E-state index in [2.05, 4.69) is 20.9 Å². The molecule has 0 spiro atoms. The van der Waals surface area contributed by atoms with E-state index in [1.54, 1.807) is 0 Å². The number of hydrogen-bond acceptors (Lipinski definition) is 1. The molecule has 1 aromatic heterocycles. The Morgan fingerprint density at radius 1 is 1.18 bits per heavy atom. The molecule has 0 aliphatic rings. The van der Waals surface area contributed by atoms with Crippen molar-refractivity contribution in [3.8, 4) is 5.69 Å². The van der Waals surface area contributed by atoms with Crippen molar-refractivity contribution < 1.29 is 13.2 Å². The highest BCUT2D eigenvalue weighted by Crippen LogP contribution is 2.29. The average Bonchev–Trinajstić information content (AvgIpc) is 2.58. The van der Waals surface area contributed by atoms with Crippen molar-refractivity contribution in [2.45, 2.75) is 6.18 Å². The summed E-state index contributed by atoms with van der Waals surface area (Å²) < 4.78 is 38.7. The first kappa shape index (κ1) is 12.0. The summed E-state index contributed by atoms with van der Waals surface area (Å²) in [5.41, 5.74) is -0.811. The van der Waals surface area contributed by atoms with E-state index in [9.17, 15) is 18.0 Å². The lowest BCUT2D eigenvalue weighted by Gasteiger charge is -2.08. The first-order chi connectivity index (χ1) is 7.89. The van der Waals surface area contributed by atoms with Gasteiger partial charge in [-0.15, -0.1) is 0 Å². The van der Waals surface area contributed by atoms with Gasteiger partial charge in [-0.3, -0.25) is 4.57 Å². The first-order valence-corrected chi connectivity index (χ1v) is 5.32. The molecule has 0 aliphatic heterocycles. The average molecular weight is 307 g/mol. The SMILES string of the molecule is O=c1[nH]cc(Br)n1-c1ccc(C(F)(F)F)cc1. The molecular formula is C10H6BrF3N2O. The molecule has 0 saturated heterocycles. The van der Waals surface area contributed by atoms with Crippen molar-refractivity contribution >= 4 is 15.9 Å². The summed E-state index contributed by atoms with van der Waals surface area (Å²) in [6.07, 6.45) is -2.96. The predicted molar refractivity (Wildman–Crippen MR) is 59.1 cm³/mol. The van der Waals surface area contributed by atoms with Gasteiger partial charge in [-0.2, -0.15) is 13.2 Å². The quantitative estimate of drug-likeness (QED) is 0.864. The van der Waals surface area contributed by atoms with Crippen LogP contribution in [0.2, 0.25) is 0 Å². The van der Waals surface area contributed by atoms with Crippen LogP contribution in [0.4, 0.5) is 13.2 Å². The summed E-state index contributed by atoms with van der Waals surface area (Å²) >= 11 is 3.12. The van der Waals surface area contributed by atoms with E-state index in [1.165, 1.54) is 22.9 Å². The van der Waals surface area contributed by atoms with Gasteiger partial charge < -0.3 is 4.98 Å². The molecule has 1 heterocycles. The second-order valence-corrected chi connectivity index (χ2v) is 4.11. The molecule has 2 aromatic rings. The molecule has 0 amide bonds. The Morgan fingerprint density at radius 2 is 1.76 bits per heavy atom. The van der Waals surface area contributed by atoms with Crippen molar-refractivity contribution in [2.75, 3.05) is 0 Å². The number of hydrogen-bond donors (Lipinski definition) is 1. The zero-order valence-electron chi connectivity index (χ0n) is 8.25. The lowest BCUT2D eigenvalue weighted by molar-refractivity contribution is -0.137. The summed E-state index contributed by atoms with van der Waals surface area (Å²) in [5.74, 6) is 0. The molecule has 0 atom stereocenters. The van der Waals surface area contributed by atoms with Crippen molar-refractivity contribution in [3.63, 3.8) is 0 Å². The number of aromatic nitrogens is 2. The molecule has 0 radical (unpaired) electrons. The Bertz CT molecular complexity index is 583. The van der Waals surface area contributed by atoms with Crippen molar-refractivity contribution in [3.05, 3.63) is 51.1 Å². The number of imidazole rings is 1. The maximum atomic E-state index is 12.3. The number of nitrogens with one attached hydrogen (secondary N) is 1. The zero-order valence-corrected chi connectivity index (χ0v) is 9.84. The fourth-order valence-corrected chi connectivity index (χ4v) is 1.87. The zero-order chi connectivity index (χ0) is 12.6. The maximum absolute atomic E-state index is 12.3. The van der Waals surface area contributed by atoms with Crippen LogP contribution in [-0.4, -0.2) is 9.55 Å². The summed E-state index contributed by atoms with van der Waals surface area (Å²) in [4.78, 5) is 13.8. The second-order valence-electron chi connectivity index (χ2n) is 3.30. The predicted octanol–water partition coefficient (Wildman–Crippen LogP) is 2.95. The normalized spacial score (nSPS) is 11.8. The van der Waals surface area contributed by atoms with Gasteiger partial charge in [0.05, 0.1) is 11.3 Å². The second kappa shape index (κ2) is 4.06. The summed E-state index contributed by atoms with van der Waals surface area (Å²) in [7, 11) is 0. The van der Waals surface area contributed by atoms with Gasteiger partial charge in [0.15, 0.2) is 0 Å². The topological polar surface area (TPSA) is 37.8 Å². The van der Waals surface area contributed by atoms with Crippen molar-refractivity contribution in [1.82, 2.24) is 9.55 Å². The molecule has 0 aliphatic carbocycles. The van der Waals surface area contributed by atoms with E-state index < -0.39 is 17.4 Å². The van der Waals surface area contributed by atoms with E-state index in [-0.39, 0.29) is 0 Å². The minimum Gasteiger partial charge on any atom is -0.311 e. The van der Waals surface area contributed by atoms with Crippen LogP contribution in [0, 0.1) is 0 Å². The number of halogens is 4. The molecule has 7 heteroatoms. The Morgan fingerprint density at radius 3 is 2.18 bits per heavy atom. The van der Waals surface area contributed by atoms with Crippen LogP contribution in [0.1, 0.15) is 5.56 Å². The van der Waals surface area contributed by atoms with E-state index in [0.29, 0.717) is 10.3 Å². The molecule has 2 rings (SSSR count). The van der Waals surface area contributed by atoms with Gasteiger partial charge in [0.1, 0.15) is 4.60 Å². The largest absolute Gasteiger partial charge is 0.416 e. The van der Waals surface area contributed by atoms with Gasteiger partial charge >= 0.3 is 11.9 Å². The molecule has 1 N–H and O–H groups in total. The molecule has 3 nitrogen and oxygen atoms in total. The van der Waals surface area contributed by atoms with E-state index in [0.717, 1.165) is 12.1 Å². The van der Waals surface area contributed by atoms with Gasteiger partial charge in [-0.25, -0.2) is 4.79 Å². The lowest BCUT2D eigenvalue weighted by Crippen LogP contribution is -2.15. The monoisotopic (exact) mass is 306 g/mol. The van der Waals surface area contributed by atoms with E-state index >= 15 is 0 Å². The molecule has 0 fully saturated rings. The first-order valence-electron chi connectivity index (χ1n) is 4.53. The molecule has 90 valence electrons. The third kappa shape index (κ3) is 2.28. The molecular weight excluding hydrogens is 301 g/mol. The van der Waals surface area contributed by atoms with E-state index in [4.69, 9.17) is 0 Å². The van der Waals surface area contributed by atoms with Crippen LogP contribution in [0.3, 0.4) is 0 Å². The van der Waals surface area contributed by atoms with E-state index in [1.807, 2.05) is 0 Å². The van der Waals surface area contributed by atoms with Gasteiger partial charge in [-0.1, -0.05) is 0 Å². The van der Waals surface area contributed by atoms with Crippen molar-refractivity contribution in [2.24, 2.45) is 0 Å². The third-order valence-corrected chi connectivity index (χ3v) is 2.77. The van der Waals surface area contributed by atoms with Gasteiger partial charge in [0.2, 0.25) is 0 Å². The number of H-pyrrole nitrogens is 1. The van der Waals surface area contributed by atoms with Crippen LogP contribution >= 0.6 is 15.9 Å². The number of benzene rings is 1. The minimum atomic E-state index is -4.38. The molecule has 0 saturated carbocycles. The minimum absolute atomic E-state index is 0.358. The third-order valence-electron chi connectivity index (χ3n) is 2.18. The van der Waals surface area contributed by atoms with Crippen LogP contribution in [-0.2, 0) is 6.18 Å². The number of alkyl halides is 3. The molecule has 17 heavy (non-hydrogen) atoms. The highest BCUT2D eigenvalue weighted by Gasteiger charge is 2.30. The summed E-state index contributed by atoms with van der Waals surface area (Å²) in [6, 6.07) is 4.34. The lowest BCUT2D eigenvalue weighted by atomic mass is 10.2. The fraction of sp³-hybridized carbons (Fsp3) is 0.100. The highest BCUT2D eigenvalue weighted by atomic mass is 79.9. The van der Waals surface area contributed by atoms with Crippen LogP contribution in [0.15, 0.2) is 39.9 Å². The Kier molecular flexibility index (Phi) is 2.86. The Hall–Kier alpha value is -1.50. The fourth-order valence-electron chi connectivity index (χ4n) is 1.39.